The van der Waals surface area contributed by atoms with Crippen molar-refractivity contribution in [1.29, 1.82) is 0 Å². The van der Waals surface area contributed by atoms with E-state index in [-0.39, 0.29) is 11.6 Å². The van der Waals surface area contributed by atoms with Gasteiger partial charge in [0.1, 0.15) is 0 Å². The number of aromatic amines is 1. The van der Waals surface area contributed by atoms with Gasteiger partial charge in [0.2, 0.25) is 0 Å². The third kappa shape index (κ3) is 3.69. The molecule has 9 heteroatoms. The van der Waals surface area contributed by atoms with Gasteiger partial charge in [-0.15, -0.1) is 0 Å². The van der Waals surface area contributed by atoms with Crippen molar-refractivity contribution in [2.24, 2.45) is 0 Å². The smallest absolute Gasteiger partial charge is 0.257 e. The van der Waals surface area contributed by atoms with Crippen LogP contribution in [0.1, 0.15) is 35.8 Å². The summed E-state index contributed by atoms with van der Waals surface area (Å²) >= 11 is 0. The summed E-state index contributed by atoms with van der Waals surface area (Å²) in [5.41, 5.74) is 3.51. The second-order valence-corrected chi connectivity index (χ2v) is 8.25. The van der Waals surface area contributed by atoms with E-state index in [1.165, 1.54) is 6.07 Å². The van der Waals surface area contributed by atoms with Crippen molar-refractivity contribution in [1.82, 2.24) is 24.9 Å². The van der Waals surface area contributed by atoms with Crippen LogP contribution in [0.4, 0.5) is 15.8 Å². The Morgan fingerprint density at radius 1 is 1.28 bits per heavy atom. The van der Waals surface area contributed by atoms with Gasteiger partial charge in [0.15, 0.2) is 11.5 Å². The average molecular weight is 436 g/mol. The Balaban J connectivity index is 1.40. The summed E-state index contributed by atoms with van der Waals surface area (Å²) in [5, 5.41) is 14.4. The highest BCUT2D eigenvalue weighted by Crippen LogP contribution is 2.30. The van der Waals surface area contributed by atoms with Crippen LogP contribution < -0.4 is 15.5 Å². The first-order valence-corrected chi connectivity index (χ1v) is 10.9. The number of nitrogens with zero attached hydrogens (tertiary/aromatic N) is 4. The monoisotopic (exact) mass is 435 g/mol. The minimum Gasteiger partial charge on any atom is -0.371 e. The van der Waals surface area contributed by atoms with Crippen LogP contribution in [0.25, 0.3) is 16.6 Å². The van der Waals surface area contributed by atoms with Crippen LogP contribution in [0.15, 0.2) is 36.8 Å². The molecule has 0 spiro atoms. The molecule has 32 heavy (non-hydrogen) atoms. The Bertz CT molecular complexity index is 1290. The van der Waals surface area contributed by atoms with Gasteiger partial charge in [0, 0.05) is 48.7 Å². The Morgan fingerprint density at radius 2 is 2.09 bits per heavy atom. The predicted molar refractivity (Wildman–Crippen MR) is 123 cm³/mol. The highest BCUT2D eigenvalue weighted by molar-refractivity contribution is 6.13. The lowest BCUT2D eigenvalue weighted by molar-refractivity contribution is 0.102. The van der Waals surface area contributed by atoms with Gasteiger partial charge in [0.25, 0.3) is 5.91 Å². The Morgan fingerprint density at radius 3 is 2.88 bits per heavy atom. The zero-order valence-corrected chi connectivity index (χ0v) is 18.2. The molecule has 5 rings (SSSR count). The quantitative estimate of drug-likeness (QED) is 0.447. The fourth-order valence-corrected chi connectivity index (χ4v) is 4.55. The van der Waals surface area contributed by atoms with Crippen LogP contribution in [-0.2, 0) is 0 Å². The van der Waals surface area contributed by atoms with Gasteiger partial charge in [-0.25, -0.2) is 9.37 Å². The van der Waals surface area contributed by atoms with Crippen LogP contribution >= 0.6 is 0 Å². The SMILES string of the molecule is CCNC1CCN(c2ccc(C(=O)Nc3cc(F)c4nc(C)cn4c3)c3[nH]ncc23)CC1. The predicted octanol–water partition coefficient (Wildman–Crippen LogP) is 3.49. The number of halogens is 1. The number of hydrogen-bond donors (Lipinski definition) is 3. The van der Waals surface area contributed by atoms with E-state index in [9.17, 15) is 9.18 Å². The van der Waals surface area contributed by atoms with Gasteiger partial charge in [-0.2, -0.15) is 5.10 Å². The molecule has 1 aliphatic heterocycles. The zero-order valence-electron chi connectivity index (χ0n) is 18.2. The number of anilines is 2. The molecule has 0 bridgehead atoms. The van der Waals surface area contributed by atoms with E-state index in [0.29, 0.717) is 28.5 Å². The number of carbonyl (C=O) groups is 1. The number of imidazole rings is 1. The lowest BCUT2D eigenvalue weighted by atomic mass is 10.0. The molecular formula is C23H26FN7O. The first-order chi connectivity index (χ1) is 15.5. The zero-order chi connectivity index (χ0) is 22.2. The first kappa shape index (κ1) is 20.4. The van der Waals surface area contributed by atoms with Crippen molar-refractivity contribution in [2.75, 3.05) is 29.9 Å². The third-order valence-corrected chi connectivity index (χ3v) is 6.05. The van der Waals surface area contributed by atoms with Crippen LogP contribution in [0.5, 0.6) is 0 Å². The van der Waals surface area contributed by atoms with Crippen molar-refractivity contribution < 1.29 is 9.18 Å². The molecule has 3 N–H and O–H groups in total. The third-order valence-electron chi connectivity index (χ3n) is 6.05. The van der Waals surface area contributed by atoms with E-state index in [2.05, 4.69) is 37.6 Å². The number of amides is 1. The minimum absolute atomic E-state index is 0.235. The van der Waals surface area contributed by atoms with E-state index in [0.717, 1.165) is 43.5 Å². The van der Waals surface area contributed by atoms with Crippen LogP contribution in [0.2, 0.25) is 0 Å². The summed E-state index contributed by atoms with van der Waals surface area (Å²) in [5.74, 6) is -0.814. The van der Waals surface area contributed by atoms with Gasteiger partial charge in [0.05, 0.1) is 28.7 Å². The number of fused-ring (bicyclic) bond motifs is 2. The number of benzene rings is 1. The fourth-order valence-electron chi connectivity index (χ4n) is 4.55. The summed E-state index contributed by atoms with van der Waals surface area (Å²) in [6, 6.07) is 5.62. The number of carbonyl (C=O) groups excluding carboxylic acids is 1. The second kappa shape index (κ2) is 8.23. The standard InChI is InChI=1S/C23H26FN7O/c1-3-25-15-6-8-30(9-7-15)20-5-4-17(21-18(20)11-26-29-21)23(32)28-16-10-19(24)22-27-14(2)12-31(22)13-16/h4-5,10-13,15,25H,3,6-9H2,1-2H3,(H,26,29)(H,28,32). The number of piperidine rings is 1. The van der Waals surface area contributed by atoms with E-state index < -0.39 is 5.82 Å². The van der Waals surface area contributed by atoms with E-state index in [1.807, 2.05) is 6.07 Å². The van der Waals surface area contributed by atoms with Crippen molar-refractivity contribution in [3.8, 4) is 0 Å². The summed E-state index contributed by atoms with van der Waals surface area (Å²) in [4.78, 5) is 19.5. The highest BCUT2D eigenvalue weighted by Gasteiger charge is 2.22. The molecular weight excluding hydrogens is 409 g/mol. The Kier molecular flexibility index (Phi) is 5.26. The fraction of sp³-hybridized carbons (Fsp3) is 0.348. The molecule has 166 valence electrons. The second-order valence-electron chi connectivity index (χ2n) is 8.25. The lowest BCUT2D eigenvalue weighted by Gasteiger charge is -2.34. The number of nitrogens with one attached hydrogen (secondary N) is 3. The van der Waals surface area contributed by atoms with Crippen molar-refractivity contribution >= 4 is 33.8 Å². The van der Waals surface area contributed by atoms with Crippen LogP contribution in [0.3, 0.4) is 0 Å². The number of aromatic nitrogens is 4. The maximum absolute atomic E-state index is 14.4. The number of hydrogen-bond acceptors (Lipinski definition) is 5. The maximum atomic E-state index is 14.4. The normalized spacial score (nSPS) is 15.0. The van der Waals surface area contributed by atoms with Gasteiger partial charge in [-0.1, -0.05) is 6.92 Å². The van der Waals surface area contributed by atoms with Gasteiger partial charge < -0.3 is 19.9 Å². The summed E-state index contributed by atoms with van der Waals surface area (Å²) in [7, 11) is 0. The molecule has 1 amide bonds. The topological polar surface area (TPSA) is 90.4 Å². The maximum Gasteiger partial charge on any atom is 0.257 e. The van der Waals surface area contributed by atoms with E-state index in [4.69, 9.17) is 0 Å². The molecule has 0 radical (unpaired) electrons. The lowest BCUT2D eigenvalue weighted by Crippen LogP contribution is -2.42. The molecule has 4 heterocycles. The summed E-state index contributed by atoms with van der Waals surface area (Å²) < 4.78 is 16.0. The number of rotatable bonds is 5. The molecule has 8 nitrogen and oxygen atoms in total. The van der Waals surface area contributed by atoms with Gasteiger partial charge >= 0.3 is 0 Å². The van der Waals surface area contributed by atoms with Gasteiger partial charge in [-0.05, 0) is 38.4 Å². The average Bonchev–Trinajstić information content (AvgIpc) is 3.40. The molecule has 3 aromatic heterocycles. The van der Waals surface area contributed by atoms with E-state index >= 15 is 0 Å². The Labute approximate surface area is 184 Å². The molecule has 0 atom stereocenters. The van der Waals surface area contributed by atoms with Crippen LogP contribution in [-0.4, -0.2) is 51.2 Å². The highest BCUT2D eigenvalue weighted by atomic mass is 19.1. The van der Waals surface area contributed by atoms with Crippen molar-refractivity contribution in [3.63, 3.8) is 0 Å². The van der Waals surface area contributed by atoms with Gasteiger partial charge in [-0.3, -0.25) is 9.89 Å². The van der Waals surface area contributed by atoms with Crippen molar-refractivity contribution in [2.45, 2.75) is 32.7 Å². The Hall–Kier alpha value is -3.46. The molecule has 1 aliphatic rings. The molecule has 4 aromatic rings. The molecule has 0 aliphatic carbocycles. The largest absolute Gasteiger partial charge is 0.371 e. The minimum atomic E-state index is -0.487. The summed E-state index contributed by atoms with van der Waals surface area (Å²) in [6.07, 6.45) is 7.30. The molecule has 0 saturated carbocycles. The summed E-state index contributed by atoms with van der Waals surface area (Å²) in [6.45, 7) is 6.82. The number of aryl methyl sites for hydroxylation is 1. The molecule has 1 aromatic carbocycles. The first-order valence-electron chi connectivity index (χ1n) is 10.9. The molecule has 1 fully saturated rings. The molecule has 0 unspecified atom stereocenters. The van der Waals surface area contributed by atoms with E-state index in [1.54, 1.807) is 36.0 Å². The van der Waals surface area contributed by atoms with Crippen LogP contribution in [0, 0.1) is 12.7 Å². The molecule has 1 saturated heterocycles. The van der Waals surface area contributed by atoms with Crippen molar-refractivity contribution in [3.05, 3.63) is 53.9 Å². The number of pyridine rings is 1. The number of H-pyrrole nitrogens is 1.